The van der Waals surface area contributed by atoms with E-state index in [1.165, 1.54) is 35.6 Å². The van der Waals surface area contributed by atoms with Crippen molar-refractivity contribution in [1.82, 2.24) is 9.88 Å². The van der Waals surface area contributed by atoms with E-state index in [2.05, 4.69) is 17.2 Å². The Morgan fingerprint density at radius 2 is 1.47 bits per heavy atom. The van der Waals surface area contributed by atoms with E-state index >= 15 is 19.2 Å². The Balaban J connectivity index is 1.17. The van der Waals surface area contributed by atoms with Crippen molar-refractivity contribution >= 4 is 61.9 Å². The van der Waals surface area contributed by atoms with Crippen LogP contribution in [-0.4, -0.2) is 70.2 Å². The number of hydrogen-bond acceptors (Lipinski definition) is 14. The highest BCUT2D eigenvalue weighted by molar-refractivity contribution is 7.22. The second-order valence-electron chi connectivity index (χ2n) is 18.2. The van der Waals surface area contributed by atoms with Gasteiger partial charge in [-0.15, -0.1) is 0 Å². The fourth-order valence-corrected chi connectivity index (χ4v) is 11.6. The number of non-ortho nitro benzene ring substituents is 1. The average Bonchev–Trinajstić information content (AvgIpc) is 4.03. The lowest BCUT2D eigenvalue weighted by atomic mass is 9.65. The van der Waals surface area contributed by atoms with E-state index in [1.54, 1.807) is 79.9 Å². The number of anilines is 2. The van der Waals surface area contributed by atoms with Crippen molar-refractivity contribution in [2.24, 2.45) is 5.92 Å². The van der Waals surface area contributed by atoms with E-state index in [1.807, 2.05) is 83.8 Å². The number of benzene rings is 7. The number of esters is 1. The number of carbonyl (C=O) groups is 4. The number of aliphatic hydroxyl groups is 1. The van der Waals surface area contributed by atoms with Crippen LogP contribution in [0.15, 0.2) is 176 Å². The summed E-state index contributed by atoms with van der Waals surface area (Å²) < 4.78 is 24.7. The zero-order chi connectivity index (χ0) is 52.5. The number of methoxy groups -OCH3 is 1. The number of nitrogens with zero attached hydrogens (tertiary/aromatic N) is 4. The lowest BCUT2D eigenvalue weighted by molar-refractivity contribution is -0.384. The number of rotatable bonds is 12. The fraction of sp³-hybridized carbons (Fsp3) is 0.169. The molecule has 378 valence electrons. The van der Waals surface area contributed by atoms with Gasteiger partial charge in [-0.05, 0) is 107 Å². The molecular weight excluding hydrogens is 987 g/mol. The zero-order valence-electron chi connectivity index (χ0n) is 40.5. The standard InChI is InChI=1S/C59H45N5O11S/c1-72-43-28-23-36(24-29-43)19-20-37-25-30-47-45(33-37)59(56(68)62(47)58(69)74-35-38-21-26-42(27-22-38)64(70)71)49(54(66)61-57-60-46-17-8-9-18-48(46)76-57)51-55(67)75-52(40-13-6-3-7-14-40)50(39-11-4-2-5-12-39)63(51)53(59)41-15-10-16-44(34-41)73-32-31-65/h2-18,21-30,33-34,49-53,65H,31-32,35H2,1H3,(H,60,61,66)/t49-,50-,51-,52+,53+,59-/m0/s1. The highest BCUT2D eigenvalue weighted by Gasteiger charge is 2.76. The van der Waals surface area contributed by atoms with Crippen LogP contribution in [-0.2, 0) is 35.9 Å². The minimum atomic E-state index is -2.20. The molecule has 3 amide bonds. The summed E-state index contributed by atoms with van der Waals surface area (Å²) >= 11 is 1.21. The molecule has 17 heteroatoms. The van der Waals surface area contributed by atoms with Gasteiger partial charge < -0.3 is 29.4 Å². The molecule has 1 spiro atoms. The largest absolute Gasteiger partial charge is 0.497 e. The molecular formula is C59H45N5O11S. The number of nitro benzene ring substituents is 1. The van der Waals surface area contributed by atoms with Crippen molar-refractivity contribution in [3.63, 3.8) is 0 Å². The van der Waals surface area contributed by atoms with Crippen LogP contribution in [0.1, 0.15) is 57.1 Å². The Labute approximate surface area is 439 Å². The summed E-state index contributed by atoms with van der Waals surface area (Å²) in [6.45, 7) is -0.761. The predicted octanol–water partition coefficient (Wildman–Crippen LogP) is 9.62. The normalized spacial score (nSPS) is 20.5. The van der Waals surface area contributed by atoms with Crippen LogP contribution in [0.5, 0.6) is 11.5 Å². The molecule has 2 saturated heterocycles. The number of hydrogen-bond donors (Lipinski definition) is 2. The van der Waals surface area contributed by atoms with Gasteiger partial charge in [-0.2, -0.15) is 0 Å². The molecule has 1 aromatic heterocycles. The van der Waals surface area contributed by atoms with Gasteiger partial charge >= 0.3 is 12.1 Å². The number of fused-ring (bicyclic) bond motifs is 4. The van der Waals surface area contributed by atoms with Gasteiger partial charge in [0.15, 0.2) is 5.13 Å². The third kappa shape index (κ3) is 8.83. The minimum absolute atomic E-state index is 0.0632. The van der Waals surface area contributed by atoms with E-state index < -0.39 is 64.4 Å². The molecule has 0 radical (unpaired) electrons. The maximum Gasteiger partial charge on any atom is 0.421 e. The molecule has 0 saturated carbocycles. The van der Waals surface area contributed by atoms with Crippen LogP contribution in [0.2, 0.25) is 0 Å². The van der Waals surface area contributed by atoms with Gasteiger partial charge in [0.25, 0.3) is 5.69 Å². The maximum absolute atomic E-state index is 16.8. The number of carbonyl (C=O) groups excluding carboxylic acids is 4. The first-order valence-electron chi connectivity index (χ1n) is 24.2. The number of cyclic esters (lactones) is 1. The number of para-hydroxylation sites is 1. The number of aliphatic hydroxyl groups excluding tert-OH is 1. The molecule has 4 heterocycles. The monoisotopic (exact) mass is 1030 g/mol. The van der Waals surface area contributed by atoms with Gasteiger partial charge in [0.1, 0.15) is 42.3 Å². The summed E-state index contributed by atoms with van der Waals surface area (Å²) in [5.41, 5.74) is 1.70. The SMILES string of the molecule is COc1ccc(C#Cc2ccc3c(c2)[C@]2(C(=O)N3C(=O)OCc3ccc([N+](=O)[O-])cc3)[C@H](C(=O)Nc3nc4ccccc4s3)[C@H]3C(=O)O[C@H](c4ccccc4)[C@H](c4ccccc4)N3[C@@H]2c2cccc(OCCO)c2)cc1. The Morgan fingerprint density at radius 3 is 2.18 bits per heavy atom. The van der Waals surface area contributed by atoms with Gasteiger partial charge in [-0.1, -0.05) is 108 Å². The molecule has 3 aliphatic heterocycles. The van der Waals surface area contributed by atoms with Crippen molar-refractivity contribution < 1.29 is 48.2 Å². The van der Waals surface area contributed by atoms with E-state index in [0.29, 0.717) is 50.4 Å². The van der Waals surface area contributed by atoms with E-state index in [-0.39, 0.29) is 41.9 Å². The van der Waals surface area contributed by atoms with Gasteiger partial charge in [-0.25, -0.2) is 14.7 Å². The highest BCUT2D eigenvalue weighted by atomic mass is 32.1. The molecule has 8 aromatic rings. The summed E-state index contributed by atoms with van der Waals surface area (Å²) in [7, 11) is 1.56. The Kier molecular flexibility index (Phi) is 13.3. The summed E-state index contributed by atoms with van der Waals surface area (Å²) in [5, 5.41) is 24.6. The summed E-state index contributed by atoms with van der Waals surface area (Å²) in [5.74, 6) is 3.24. The van der Waals surface area contributed by atoms with Gasteiger partial charge in [0, 0.05) is 23.3 Å². The lowest BCUT2D eigenvalue weighted by Gasteiger charge is -2.46. The number of imide groups is 1. The molecule has 16 nitrogen and oxygen atoms in total. The number of aromatic nitrogens is 1. The summed E-state index contributed by atoms with van der Waals surface area (Å²) in [6, 6.07) is 46.6. The first-order chi connectivity index (χ1) is 37.1. The number of nitro groups is 1. The quantitative estimate of drug-likeness (QED) is 0.0508. The summed E-state index contributed by atoms with van der Waals surface area (Å²) in [6.07, 6.45) is -2.11. The number of morpholine rings is 1. The van der Waals surface area contributed by atoms with Crippen LogP contribution in [0.25, 0.3) is 10.2 Å². The van der Waals surface area contributed by atoms with Crippen molar-refractivity contribution in [1.29, 1.82) is 0 Å². The van der Waals surface area contributed by atoms with E-state index in [9.17, 15) is 15.2 Å². The third-order valence-electron chi connectivity index (χ3n) is 13.9. The molecule has 6 atom stereocenters. The molecule has 2 fully saturated rings. The lowest BCUT2D eigenvalue weighted by Crippen LogP contribution is -2.54. The summed E-state index contributed by atoms with van der Waals surface area (Å²) in [4.78, 5) is 81.9. The van der Waals surface area contributed by atoms with E-state index in [4.69, 9.17) is 23.9 Å². The van der Waals surface area contributed by atoms with Crippen LogP contribution >= 0.6 is 11.3 Å². The van der Waals surface area contributed by atoms with Crippen LogP contribution < -0.4 is 19.7 Å². The molecule has 0 unspecified atom stereocenters. The molecule has 3 aliphatic rings. The Bertz CT molecular complexity index is 3570. The van der Waals surface area contributed by atoms with Gasteiger partial charge in [0.05, 0.1) is 52.5 Å². The predicted molar refractivity (Wildman–Crippen MR) is 281 cm³/mol. The fourth-order valence-electron chi connectivity index (χ4n) is 10.8. The zero-order valence-corrected chi connectivity index (χ0v) is 41.3. The first kappa shape index (κ1) is 49.0. The van der Waals surface area contributed by atoms with Crippen LogP contribution in [0.4, 0.5) is 21.3 Å². The second-order valence-corrected chi connectivity index (χ2v) is 19.2. The minimum Gasteiger partial charge on any atom is -0.497 e. The van der Waals surface area contributed by atoms with Crippen molar-refractivity contribution in [2.45, 2.75) is 36.3 Å². The second kappa shape index (κ2) is 20.6. The van der Waals surface area contributed by atoms with Crippen molar-refractivity contribution in [3.05, 3.63) is 225 Å². The molecule has 11 rings (SSSR count). The molecule has 0 bridgehead atoms. The molecule has 76 heavy (non-hydrogen) atoms. The van der Waals surface area contributed by atoms with Gasteiger partial charge in [-0.3, -0.25) is 29.4 Å². The van der Waals surface area contributed by atoms with Gasteiger partial charge in [0.2, 0.25) is 11.8 Å². The Morgan fingerprint density at radius 1 is 0.789 bits per heavy atom. The maximum atomic E-state index is 16.8. The van der Waals surface area contributed by atoms with Crippen LogP contribution in [0.3, 0.4) is 0 Å². The third-order valence-corrected chi connectivity index (χ3v) is 14.9. The number of nitrogens with one attached hydrogen (secondary N) is 1. The molecule has 7 aromatic carbocycles. The van der Waals surface area contributed by atoms with Crippen molar-refractivity contribution in [2.75, 3.05) is 30.5 Å². The van der Waals surface area contributed by atoms with Crippen molar-refractivity contribution in [3.8, 4) is 23.3 Å². The highest BCUT2D eigenvalue weighted by Crippen LogP contribution is 2.66. The first-order valence-corrected chi connectivity index (χ1v) is 25.0. The number of thiazole rings is 1. The number of amides is 3. The number of ether oxygens (including phenoxy) is 4. The smallest absolute Gasteiger partial charge is 0.421 e. The van der Waals surface area contributed by atoms with E-state index in [0.717, 1.165) is 9.60 Å². The topological polar surface area (TPSA) is 200 Å². The van der Waals surface area contributed by atoms with Crippen LogP contribution in [0, 0.1) is 27.9 Å². The Hall–Kier alpha value is -9.21. The molecule has 0 aliphatic carbocycles. The molecule has 2 N–H and O–H groups in total. The average molecular weight is 1030 g/mol.